The highest BCUT2D eigenvalue weighted by atomic mass is 35.5. The second-order valence-corrected chi connectivity index (χ2v) is 5.87. The molecular weight excluding hydrogens is 258 g/mol. The van der Waals surface area contributed by atoms with Gasteiger partial charge < -0.3 is 15.1 Å². The topological polar surface area (TPSA) is 18.5 Å². The first kappa shape index (κ1) is 14.6. The van der Waals surface area contributed by atoms with Gasteiger partial charge in [0.15, 0.2) is 0 Å². The van der Waals surface area contributed by atoms with E-state index in [0.29, 0.717) is 6.04 Å². The molecule has 0 amide bonds. The van der Waals surface area contributed by atoms with E-state index in [4.69, 9.17) is 11.6 Å². The van der Waals surface area contributed by atoms with Gasteiger partial charge >= 0.3 is 0 Å². The molecule has 0 aromatic heterocycles. The van der Waals surface area contributed by atoms with E-state index in [9.17, 15) is 0 Å². The Morgan fingerprint density at radius 3 is 2.89 bits per heavy atom. The van der Waals surface area contributed by atoms with Gasteiger partial charge in [0.1, 0.15) is 0 Å². The Hall–Kier alpha value is -0.770. The molecule has 0 spiro atoms. The van der Waals surface area contributed by atoms with Crippen LogP contribution in [0.1, 0.15) is 12.8 Å². The summed E-state index contributed by atoms with van der Waals surface area (Å²) < 4.78 is 0. The van der Waals surface area contributed by atoms with Crippen molar-refractivity contribution in [2.24, 2.45) is 0 Å². The van der Waals surface area contributed by atoms with Gasteiger partial charge in [-0.3, -0.25) is 0 Å². The molecule has 0 radical (unpaired) electrons. The minimum atomic E-state index is 0.703. The first-order valence-electron chi connectivity index (χ1n) is 7.04. The molecule has 0 aliphatic carbocycles. The highest BCUT2D eigenvalue weighted by Crippen LogP contribution is 2.20. The Balaban J connectivity index is 1.75. The molecule has 0 saturated carbocycles. The van der Waals surface area contributed by atoms with Crippen molar-refractivity contribution in [1.29, 1.82) is 0 Å². The lowest BCUT2D eigenvalue weighted by Gasteiger charge is -2.36. The average molecular weight is 282 g/mol. The molecule has 2 rings (SSSR count). The summed E-state index contributed by atoms with van der Waals surface area (Å²) in [6.07, 6.45) is 2.62. The van der Waals surface area contributed by atoms with Crippen LogP contribution < -0.4 is 5.32 Å². The van der Waals surface area contributed by atoms with E-state index in [-0.39, 0.29) is 0 Å². The number of hydrogen-bond acceptors (Lipinski definition) is 3. The zero-order valence-electron chi connectivity index (χ0n) is 11.9. The fourth-order valence-corrected chi connectivity index (χ4v) is 2.81. The van der Waals surface area contributed by atoms with Crippen LogP contribution in [0.15, 0.2) is 24.3 Å². The maximum atomic E-state index is 6.13. The number of rotatable bonds is 5. The fourth-order valence-electron chi connectivity index (χ4n) is 2.61. The predicted molar refractivity (Wildman–Crippen MR) is 83.1 cm³/mol. The Morgan fingerprint density at radius 2 is 2.16 bits per heavy atom. The number of para-hydroxylation sites is 1. The quantitative estimate of drug-likeness (QED) is 0.895. The number of anilines is 1. The normalized spacial score (nSPS) is 20.7. The lowest BCUT2D eigenvalue weighted by atomic mass is 10.1. The van der Waals surface area contributed by atoms with Crippen LogP contribution >= 0.6 is 11.6 Å². The maximum Gasteiger partial charge on any atom is 0.0637 e. The van der Waals surface area contributed by atoms with E-state index < -0.39 is 0 Å². The fraction of sp³-hybridized carbons (Fsp3) is 0.600. The van der Waals surface area contributed by atoms with E-state index in [1.54, 1.807) is 0 Å². The summed E-state index contributed by atoms with van der Waals surface area (Å²) in [5, 5.41) is 4.22. The lowest BCUT2D eigenvalue weighted by Crippen LogP contribution is -2.46. The summed E-state index contributed by atoms with van der Waals surface area (Å²) in [7, 11) is 4.35. The predicted octanol–water partition coefficient (Wildman–Crippen LogP) is 2.78. The van der Waals surface area contributed by atoms with Gasteiger partial charge in [-0.05, 0) is 45.6 Å². The second-order valence-electron chi connectivity index (χ2n) is 5.47. The van der Waals surface area contributed by atoms with Crippen molar-refractivity contribution in [2.45, 2.75) is 18.9 Å². The SMILES string of the molecule is CN(C)C1CCCN(CCNc2ccccc2Cl)C1. The van der Waals surface area contributed by atoms with Crippen molar-refractivity contribution in [1.82, 2.24) is 9.80 Å². The van der Waals surface area contributed by atoms with Crippen LogP contribution in [0, 0.1) is 0 Å². The van der Waals surface area contributed by atoms with Gasteiger partial charge in [0.05, 0.1) is 10.7 Å². The first-order chi connectivity index (χ1) is 9.16. The van der Waals surface area contributed by atoms with Crippen LogP contribution in [0.2, 0.25) is 5.02 Å². The number of piperidine rings is 1. The third kappa shape index (κ3) is 4.37. The molecule has 1 atom stereocenters. The van der Waals surface area contributed by atoms with Crippen LogP contribution in [0.4, 0.5) is 5.69 Å². The number of nitrogens with zero attached hydrogens (tertiary/aromatic N) is 2. The summed E-state index contributed by atoms with van der Waals surface area (Å²) in [4.78, 5) is 4.88. The third-order valence-electron chi connectivity index (χ3n) is 3.83. The number of likely N-dealkylation sites (N-methyl/N-ethyl adjacent to an activating group) is 1. The minimum Gasteiger partial charge on any atom is -0.383 e. The van der Waals surface area contributed by atoms with Gasteiger partial charge in [-0.1, -0.05) is 23.7 Å². The second kappa shape index (κ2) is 7.13. The molecule has 1 saturated heterocycles. The van der Waals surface area contributed by atoms with Gasteiger partial charge in [0.2, 0.25) is 0 Å². The standard InChI is InChI=1S/C15H24ClN3/c1-18(2)13-6-5-10-19(12-13)11-9-17-15-8-4-3-7-14(15)16/h3-4,7-8,13,17H,5-6,9-12H2,1-2H3. The molecule has 1 aromatic carbocycles. The maximum absolute atomic E-state index is 6.13. The van der Waals surface area contributed by atoms with Crippen molar-refractivity contribution in [3.63, 3.8) is 0 Å². The van der Waals surface area contributed by atoms with Crippen molar-refractivity contribution in [2.75, 3.05) is 45.6 Å². The molecule has 106 valence electrons. The zero-order valence-corrected chi connectivity index (χ0v) is 12.7. The lowest BCUT2D eigenvalue weighted by molar-refractivity contribution is 0.137. The van der Waals surface area contributed by atoms with Gasteiger partial charge in [0, 0.05) is 25.7 Å². The van der Waals surface area contributed by atoms with Crippen LogP contribution in [0.25, 0.3) is 0 Å². The highest BCUT2D eigenvalue weighted by Gasteiger charge is 2.20. The van der Waals surface area contributed by atoms with E-state index >= 15 is 0 Å². The number of nitrogens with one attached hydrogen (secondary N) is 1. The molecule has 1 fully saturated rings. The van der Waals surface area contributed by atoms with Crippen molar-refractivity contribution < 1.29 is 0 Å². The van der Waals surface area contributed by atoms with Crippen LogP contribution in [-0.4, -0.2) is 56.1 Å². The van der Waals surface area contributed by atoms with E-state index in [1.807, 2.05) is 24.3 Å². The van der Waals surface area contributed by atoms with Gasteiger partial charge in [-0.2, -0.15) is 0 Å². The largest absolute Gasteiger partial charge is 0.383 e. The third-order valence-corrected chi connectivity index (χ3v) is 4.16. The van der Waals surface area contributed by atoms with E-state index in [0.717, 1.165) is 23.8 Å². The van der Waals surface area contributed by atoms with Crippen LogP contribution in [-0.2, 0) is 0 Å². The van der Waals surface area contributed by atoms with Crippen molar-refractivity contribution in [3.05, 3.63) is 29.3 Å². The number of benzene rings is 1. The summed E-state index contributed by atoms with van der Waals surface area (Å²) in [5.41, 5.74) is 1.03. The first-order valence-corrected chi connectivity index (χ1v) is 7.42. The molecule has 1 aromatic rings. The molecule has 1 heterocycles. The summed E-state index contributed by atoms with van der Waals surface area (Å²) in [6.45, 7) is 4.42. The van der Waals surface area contributed by atoms with Crippen LogP contribution in [0.3, 0.4) is 0 Å². The van der Waals surface area contributed by atoms with E-state index in [2.05, 4.69) is 29.2 Å². The molecule has 4 heteroatoms. The minimum absolute atomic E-state index is 0.703. The Labute approximate surface area is 121 Å². The van der Waals surface area contributed by atoms with Crippen LogP contribution in [0.5, 0.6) is 0 Å². The molecule has 19 heavy (non-hydrogen) atoms. The van der Waals surface area contributed by atoms with Crippen molar-refractivity contribution in [3.8, 4) is 0 Å². The Bertz CT molecular complexity index is 395. The number of hydrogen-bond donors (Lipinski definition) is 1. The van der Waals surface area contributed by atoms with Gasteiger partial charge in [-0.25, -0.2) is 0 Å². The van der Waals surface area contributed by atoms with E-state index in [1.165, 1.54) is 25.9 Å². The zero-order chi connectivity index (χ0) is 13.7. The molecule has 1 aliphatic rings. The molecule has 3 nitrogen and oxygen atoms in total. The molecule has 1 N–H and O–H groups in total. The monoisotopic (exact) mass is 281 g/mol. The molecule has 0 bridgehead atoms. The van der Waals surface area contributed by atoms with Gasteiger partial charge in [0.25, 0.3) is 0 Å². The average Bonchev–Trinajstić information content (AvgIpc) is 2.41. The van der Waals surface area contributed by atoms with Crippen molar-refractivity contribution >= 4 is 17.3 Å². The number of halogens is 1. The highest BCUT2D eigenvalue weighted by molar-refractivity contribution is 6.33. The summed E-state index contributed by atoms with van der Waals surface area (Å²) >= 11 is 6.13. The molecule has 1 aliphatic heterocycles. The molecular formula is C15H24ClN3. The number of likely N-dealkylation sites (tertiary alicyclic amines) is 1. The Morgan fingerprint density at radius 1 is 1.37 bits per heavy atom. The smallest absolute Gasteiger partial charge is 0.0637 e. The summed E-state index contributed by atoms with van der Waals surface area (Å²) in [6, 6.07) is 8.62. The van der Waals surface area contributed by atoms with Gasteiger partial charge in [-0.15, -0.1) is 0 Å². The summed E-state index contributed by atoms with van der Waals surface area (Å²) in [5.74, 6) is 0. The Kier molecular flexibility index (Phi) is 5.49. The molecule has 1 unspecified atom stereocenters.